The molecule has 0 saturated carbocycles. The molecule has 1 aromatic carbocycles. The Hall–Kier alpha value is -1.37. The number of rotatable bonds is 9. The highest BCUT2D eigenvalue weighted by molar-refractivity contribution is 6.17. The second-order valence-electron chi connectivity index (χ2n) is 3.65. The van der Waals surface area contributed by atoms with Crippen molar-refractivity contribution in [3.05, 3.63) is 11.6 Å². The molecule has 0 saturated heterocycles. The topological polar surface area (TPSA) is 55.4 Å². The van der Waals surface area contributed by atoms with Crippen LogP contribution in [0.3, 0.4) is 0 Å². The van der Waals surface area contributed by atoms with Gasteiger partial charge in [-0.2, -0.15) is 0 Å². The molecule has 0 radical (unpaired) electrons. The first-order valence-electron chi connectivity index (χ1n) is 5.80. The lowest BCUT2D eigenvalue weighted by Crippen LogP contribution is -2.07. The van der Waals surface area contributed by atoms with Crippen molar-refractivity contribution in [2.75, 3.05) is 42.0 Å². The Labute approximate surface area is 123 Å². The van der Waals surface area contributed by atoms with E-state index in [2.05, 4.69) is 0 Å². The molecule has 0 spiro atoms. The normalized spacial score (nSPS) is 10.2. The van der Waals surface area contributed by atoms with Crippen molar-refractivity contribution in [2.24, 2.45) is 0 Å². The van der Waals surface area contributed by atoms with Crippen LogP contribution in [0.2, 0.25) is 0 Å². The zero-order valence-electron chi connectivity index (χ0n) is 12.0. The summed E-state index contributed by atoms with van der Waals surface area (Å²) in [4.78, 5) is 0. The molecule has 0 aliphatic rings. The van der Waals surface area contributed by atoms with Crippen molar-refractivity contribution in [3.8, 4) is 23.0 Å². The van der Waals surface area contributed by atoms with E-state index in [4.69, 9.17) is 40.0 Å². The van der Waals surface area contributed by atoms with Crippen molar-refractivity contribution < 1.29 is 28.4 Å². The third kappa shape index (κ3) is 3.82. The number of ether oxygens (including phenoxy) is 6. The van der Waals surface area contributed by atoms with Gasteiger partial charge in [0, 0.05) is 20.3 Å². The summed E-state index contributed by atoms with van der Waals surface area (Å²) < 4.78 is 31.4. The number of alkyl halides is 1. The van der Waals surface area contributed by atoms with Crippen molar-refractivity contribution in [1.82, 2.24) is 0 Å². The first-order chi connectivity index (χ1) is 9.73. The van der Waals surface area contributed by atoms with Crippen molar-refractivity contribution in [1.29, 1.82) is 0 Å². The van der Waals surface area contributed by atoms with E-state index in [-0.39, 0.29) is 19.5 Å². The van der Waals surface area contributed by atoms with Gasteiger partial charge in [0.05, 0.1) is 25.7 Å². The molecule has 1 rings (SSSR count). The molecule has 0 aromatic heterocycles. The largest absolute Gasteiger partial charge is 0.493 e. The zero-order valence-corrected chi connectivity index (χ0v) is 12.8. The minimum Gasteiger partial charge on any atom is -0.493 e. The average molecular weight is 307 g/mol. The lowest BCUT2D eigenvalue weighted by atomic mass is 10.1. The molecule has 0 unspecified atom stereocenters. The van der Waals surface area contributed by atoms with E-state index >= 15 is 0 Å². The van der Waals surface area contributed by atoms with Crippen LogP contribution in [0.1, 0.15) is 5.56 Å². The summed E-state index contributed by atoms with van der Waals surface area (Å²) in [7, 11) is 6.11. The van der Waals surface area contributed by atoms with Gasteiger partial charge in [0.25, 0.3) is 0 Å². The summed E-state index contributed by atoms with van der Waals surface area (Å²) in [6, 6.07) is 1.65. The number of benzene rings is 1. The second-order valence-corrected chi connectivity index (χ2v) is 3.92. The van der Waals surface area contributed by atoms with E-state index in [1.807, 2.05) is 0 Å². The highest BCUT2D eigenvalue weighted by Gasteiger charge is 2.21. The molecular weight excluding hydrogens is 288 g/mol. The van der Waals surface area contributed by atoms with Crippen molar-refractivity contribution in [2.45, 2.75) is 5.88 Å². The fourth-order valence-electron chi connectivity index (χ4n) is 1.65. The Morgan fingerprint density at radius 3 is 2.00 bits per heavy atom. The van der Waals surface area contributed by atoms with E-state index < -0.39 is 0 Å². The molecule has 0 fully saturated rings. The van der Waals surface area contributed by atoms with Gasteiger partial charge >= 0.3 is 0 Å². The molecule has 7 heteroatoms. The Bertz CT molecular complexity index is 424. The maximum atomic E-state index is 5.99. The first-order valence-corrected chi connectivity index (χ1v) is 6.34. The molecule has 0 N–H and O–H groups in total. The fraction of sp³-hybridized carbons (Fsp3) is 0.538. The SMILES string of the molecule is COCOc1cc(OC)c(OCOC)c(CCl)c1OC. The van der Waals surface area contributed by atoms with Crippen molar-refractivity contribution in [3.63, 3.8) is 0 Å². The van der Waals surface area contributed by atoms with E-state index in [0.29, 0.717) is 28.6 Å². The maximum Gasteiger partial charge on any atom is 0.188 e. The van der Waals surface area contributed by atoms with Gasteiger partial charge in [-0.25, -0.2) is 0 Å². The van der Waals surface area contributed by atoms with Crippen LogP contribution in [-0.4, -0.2) is 42.0 Å². The standard InChI is InChI=1S/C13H19ClO6/c1-15-7-19-11-5-10(17-3)13(20-8-16-2)9(6-14)12(11)18-4/h5H,6-8H2,1-4H3. The monoisotopic (exact) mass is 306 g/mol. The molecule has 114 valence electrons. The predicted octanol–water partition coefficient (Wildman–Crippen LogP) is 2.41. The lowest BCUT2D eigenvalue weighted by molar-refractivity contribution is 0.0446. The molecule has 0 heterocycles. The predicted molar refractivity (Wildman–Crippen MR) is 74.1 cm³/mol. The number of hydrogen-bond acceptors (Lipinski definition) is 6. The Kier molecular flexibility index (Phi) is 7.28. The van der Waals surface area contributed by atoms with Gasteiger partial charge in [-0.05, 0) is 0 Å². The van der Waals surface area contributed by atoms with Crippen LogP contribution in [0, 0.1) is 0 Å². The quantitative estimate of drug-likeness (QED) is 0.516. The summed E-state index contributed by atoms with van der Waals surface area (Å²) in [5.74, 6) is 2.05. The molecule has 0 atom stereocenters. The van der Waals surface area contributed by atoms with Crippen LogP contribution in [0.15, 0.2) is 6.07 Å². The number of halogens is 1. The third-order valence-electron chi connectivity index (χ3n) is 2.47. The van der Waals surface area contributed by atoms with Gasteiger partial charge in [-0.15, -0.1) is 11.6 Å². The molecule has 0 aliphatic carbocycles. The zero-order chi connectivity index (χ0) is 15.0. The summed E-state index contributed by atoms with van der Waals surface area (Å²) >= 11 is 5.99. The van der Waals surface area contributed by atoms with Gasteiger partial charge < -0.3 is 28.4 Å². The van der Waals surface area contributed by atoms with Gasteiger partial charge in [-0.3, -0.25) is 0 Å². The Morgan fingerprint density at radius 2 is 1.50 bits per heavy atom. The van der Waals surface area contributed by atoms with Crippen LogP contribution < -0.4 is 18.9 Å². The van der Waals surface area contributed by atoms with Gasteiger partial charge in [0.1, 0.15) is 0 Å². The molecule has 20 heavy (non-hydrogen) atoms. The molecular formula is C13H19ClO6. The summed E-state index contributed by atoms with van der Waals surface area (Å²) in [6.45, 7) is 0.154. The molecule has 0 aliphatic heterocycles. The molecule has 0 bridgehead atoms. The number of hydrogen-bond donors (Lipinski definition) is 0. The van der Waals surface area contributed by atoms with E-state index in [0.717, 1.165) is 0 Å². The number of methoxy groups -OCH3 is 4. The molecule has 0 amide bonds. The van der Waals surface area contributed by atoms with E-state index in [1.165, 1.54) is 28.4 Å². The highest BCUT2D eigenvalue weighted by atomic mass is 35.5. The minimum atomic E-state index is 0.0711. The van der Waals surface area contributed by atoms with Gasteiger partial charge in [0.15, 0.2) is 36.6 Å². The maximum absolute atomic E-state index is 5.99. The van der Waals surface area contributed by atoms with E-state index in [9.17, 15) is 0 Å². The second kappa shape index (κ2) is 8.73. The summed E-state index contributed by atoms with van der Waals surface area (Å²) in [6.07, 6.45) is 0. The average Bonchev–Trinajstić information content (AvgIpc) is 2.49. The molecule has 6 nitrogen and oxygen atoms in total. The van der Waals surface area contributed by atoms with Crippen molar-refractivity contribution >= 4 is 11.6 Å². The van der Waals surface area contributed by atoms with Crippen LogP contribution in [0.4, 0.5) is 0 Å². The summed E-state index contributed by atoms with van der Waals surface area (Å²) in [5.41, 5.74) is 0.622. The van der Waals surface area contributed by atoms with Crippen LogP contribution in [-0.2, 0) is 15.4 Å². The smallest absolute Gasteiger partial charge is 0.188 e. The fourth-order valence-corrected chi connectivity index (χ4v) is 1.90. The van der Waals surface area contributed by atoms with Gasteiger partial charge in [-0.1, -0.05) is 0 Å². The first kappa shape index (κ1) is 16.7. The lowest BCUT2D eigenvalue weighted by Gasteiger charge is -2.19. The van der Waals surface area contributed by atoms with Gasteiger partial charge in [0.2, 0.25) is 0 Å². The highest BCUT2D eigenvalue weighted by Crippen LogP contribution is 2.45. The Balaban J connectivity index is 3.28. The van der Waals surface area contributed by atoms with Crippen LogP contribution >= 0.6 is 11.6 Å². The van der Waals surface area contributed by atoms with E-state index in [1.54, 1.807) is 6.07 Å². The third-order valence-corrected chi connectivity index (χ3v) is 2.74. The summed E-state index contributed by atoms with van der Waals surface area (Å²) in [5, 5.41) is 0. The molecule has 1 aromatic rings. The Morgan fingerprint density at radius 1 is 0.850 bits per heavy atom. The minimum absolute atomic E-state index is 0.0711. The van der Waals surface area contributed by atoms with Crippen LogP contribution in [0.5, 0.6) is 23.0 Å². The van der Waals surface area contributed by atoms with Crippen LogP contribution in [0.25, 0.3) is 0 Å².